The summed E-state index contributed by atoms with van der Waals surface area (Å²) in [6, 6.07) is 13.8. The molecule has 1 amide bonds. The molecular formula is C15H12F3NOS. The quantitative estimate of drug-likeness (QED) is 0.846. The lowest BCUT2D eigenvalue weighted by Crippen LogP contribution is -2.14. The maximum absolute atomic E-state index is 12.4. The van der Waals surface area contributed by atoms with Crippen LogP contribution in [-0.4, -0.2) is 11.7 Å². The van der Waals surface area contributed by atoms with E-state index in [9.17, 15) is 18.0 Å². The average molecular weight is 311 g/mol. The third-order valence-corrected chi connectivity index (χ3v) is 3.62. The highest BCUT2D eigenvalue weighted by Crippen LogP contribution is 2.29. The Morgan fingerprint density at radius 3 is 2.19 bits per heavy atom. The van der Waals surface area contributed by atoms with Crippen molar-refractivity contribution < 1.29 is 18.0 Å². The van der Waals surface area contributed by atoms with Crippen LogP contribution in [0.4, 0.5) is 18.9 Å². The van der Waals surface area contributed by atoms with E-state index in [1.807, 2.05) is 30.3 Å². The first-order valence-electron chi connectivity index (χ1n) is 6.10. The van der Waals surface area contributed by atoms with Crippen molar-refractivity contribution in [2.45, 2.75) is 11.1 Å². The lowest BCUT2D eigenvalue weighted by atomic mass is 10.2. The second-order valence-electron chi connectivity index (χ2n) is 4.23. The molecule has 0 unspecified atom stereocenters. The second-order valence-corrected chi connectivity index (χ2v) is 5.27. The molecule has 0 saturated heterocycles. The van der Waals surface area contributed by atoms with Gasteiger partial charge in [-0.05, 0) is 36.4 Å². The zero-order valence-electron chi connectivity index (χ0n) is 10.9. The topological polar surface area (TPSA) is 29.1 Å². The molecule has 1 N–H and O–H groups in total. The van der Waals surface area contributed by atoms with Crippen molar-refractivity contribution in [1.29, 1.82) is 0 Å². The van der Waals surface area contributed by atoms with Gasteiger partial charge in [0.2, 0.25) is 5.91 Å². The Morgan fingerprint density at radius 2 is 1.62 bits per heavy atom. The summed E-state index contributed by atoms with van der Waals surface area (Å²) >= 11 is 1.36. The number of carbonyl (C=O) groups is 1. The highest BCUT2D eigenvalue weighted by molar-refractivity contribution is 8.00. The smallest absolute Gasteiger partial charge is 0.325 e. The molecule has 0 radical (unpaired) electrons. The monoisotopic (exact) mass is 311 g/mol. The number of carbonyl (C=O) groups excluding carboxylic acids is 1. The molecule has 0 fully saturated rings. The third-order valence-electron chi connectivity index (χ3n) is 2.61. The number of amides is 1. The van der Waals surface area contributed by atoms with E-state index in [1.54, 1.807) is 0 Å². The fourth-order valence-corrected chi connectivity index (χ4v) is 2.32. The van der Waals surface area contributed by atoms with E-state index < -0.39 is 11.7 Å². The van der Waals surface area contributed by atoms with Crippen molar-refractivity contribution in [3.05, 3.63) is 60.2 Å². The minimum absolute atomic E-state index is 0.199. The second kappa shape index (κ2) is 6.67. The number of benzene rings is 2. The lowest BCUT2D eigenvalue weighted by molar-refractivity contribution is -0.137. The zero-order valence-corrected chi connectivity index (χ0v) is 11.7. The zero-order chi connectivity index (χ0) is 15.3. The Labute approximate surface area is 124 Å². The molecule has 0 bridgehead atoms. The fraction of sp³-hybridized carbons (Fsp3) is 0.133. The van der Waals surface area contributed by atoms with Gasteiger partial charge in [0.05, 0.1) is 11.3 Å². The molecule has 2 aromatic carbocycles. The fourth-order valence-electron chi connectivity index (χ4n) is 1.61. The number of hydrogen-bond acceptors (Lipinski definition) is 2. The maximum atomic E-state index is 12.4. The summed E-state index contributed by atoms with van der Waals surface area (Å²) < 4.78 is 37.2. The van der Waals surface area contributed by atoms with Crippen LogP contribution in [0.5, 0.6) is 0 Å². The Morgan fingerprint density at radius 1 is 1.00 bits per heavy atom. The average Bonchev–Trinajstić information content (AvgIpc) is 2.46. The molecule has 0 heterocycles. The van der Waals surface area contributed by atoms with Gasteiger partial charge in [-0.2, -0.15) is 13.2 Å². The standard InChI is InChI=1S/C15H12F3NOS/c16-15(17,18)11-6-8-12(9-7-11)19-14(20)10-21-13-4-2-1-3-5-13/h1-9H,10H2,(H,19,20). The van der Waals surface area contributed by atoms with Crippen LogP contribution in [0.15, 0.2) is 59.5 Å². The Balaban J connectivity index is 1.88. The van der Waals surface area contributed by atoms with Gasteiger partial charge in [0.1, 0.15) is 0 Å². The first kappa shape index (κ1) is 15.4. The molecule has 0 aliphatic heterocycles. The van der Waals surface area contributed by atoms with Crippen LogP contribution >= 0.6 is 11.8 Å². The third kappa shape index (κ3) is 4.82. The van der Waals surface area contributed by atoms with Gasteiger partial charge < -0.3 is 5.32 Å². The van der Waals surface area contributed by atoms with E-state index in [0.29, 0.717) is 5.69 Å². The SMILES string of the molecule is O=C(CSc1ccccc1)Nc1ccc(C(F)(F)F)cc1. The van der Waals surface area contributed by atoms with Gasteiger partial charge in [-0.15, -0.1) is 11.8 Å². The van der Waals surface area contributed by atoms with Crippen molar-refractivity contribution in [2.24, 2.45) is 0 Å². The number of nitrogens with one attached hydrogen (secondary N) is 1. The number of hydrogen-bond donors (Lipinski definition) is 1. The van der Waals surface area contributed by atoms with Crippen LogP contribution in [0.3, 0.4) is 0 Å². The van der Waals surface area contributed by atoms with Crippen LogP contribution in [0.25, 0.3) is 0 Å². The molecule has 0 saturated carbocycles. The van der Waals surface area contributed by atoms with Gasteiger partial charge >= 0.3 is 6.18 Å². The summed E-state index contributed by atoms with van der Waals surface area (Å²) in [5, 5.41) is 2.56. The molecule has 2 nitrogen and oxygen atoms in total. The lowest BCUT2D eigenvalue weighted by Gasteiger charge is -2.08. The summed E-state index contributed by atoms with van der Waals surface area (Å²) in [6.07, 6.45) is -4.37. The molecule has 0 aliphatic rings. The van der Waals surface area contributed by atoms with Gasteiger partial charge in [-0.3, -0.25) is 4.79 Å². The molecule has 0 atom stereocenters. The molecule has 0 spiro atoms. The van der Waals surface area contributed by atoms with Crippen LogP contribution in [0.2, 0.25) is 0 Å². The molecule has 0 aromatic heterocycles. The van der Waals surface area contributed by atoms with E-state index in [2.05, 4.69) is 5.32 Å². The molecule has 110 valence electrons. The molecule has 6 heteroatoms. The number of alkyl halides is 3. The van der Waals surface area contributed by atoms with Crippen molar-refractivity contribution in [3.8, 4) is 0 Å². The number of rotatable bonds is 4. The van der Waals surface area contributed by atoms with Gasteiger partial charge in [0.25, 0.3) is 0 Å². The van der Waals surface area contributed by atoms with Gasteiger partial charge in [0, 0.05) is 10.6 Å². The van der Waals surface area contributed by atoms with Crippen LogP contribution < -0.4 is 5.32 Å². The summed E-state index contributed by atoms with van der Waals surface area (Å²) in [4.78, 5) is 12.7. The number of halogens is 3. The Hall–Kier alpha value is -1.95. The molecule has 21 heavy (non-hydrogen) atoms. The van der Waals surface area contributed by atoms with E-state index in [4.69, 9.17) is 0 Å². The van der Waals surface area contributed by atoms with Crippen LogP contribution in [-0.2, 0) is 11.0 Å². The van der Waals surface area contributed by atoms with Crippen molar-refractivity contribution >= 4 is 23.4 Å². The Bertz CT molecular complexity index is 597. The van der Waals surface area contributed by atoms with Crippen molar-refractivity contribution in [1.82, 2.24) is 0 Å². The predicted octanol–water partition coefficient (Wildman–Crippen LogP) is 4.44. The van der Waals surface area contributed by atoms with E-state index >= 15 is 0 Å². The minimum Gasteiger partial charge on any atom is -0.325 e. The largest absolute Gasteiger partial charge is 0.416 e. The molecule has 2 aromatic rings. The van der Waals surface area contributed by atoms with Crippen molar-refractivity contribution in [2.75, 3.05) is 11.1 Å². The molecule has 0 aliphatic carbocycles. The number of anilines is 1. The van der Waals surface area contributed by atoms with Gasteiger partial charge in [-0.25, -0.2) is 0 Å². The van der Waals surface area contributed by atoms with E-state index in [-0.39, 0.29) is 11.7 Å². The number of thioether (sulfide) groups is 1. The highest BCUT2D eigenvalue weighted by atomic mass is 32.2. The first-order chi connectivity index (χ1) is 9.95. The first-order valence-corrected chi connectivity index (χ1v) is 7.09. The Kier molecular flexibility index (Phi) is 4.90. The maximum Gasteiger partial charge on any atom is 0.416 e. The van der Waals surface area contributed by atoms with Crippen molar-refractivity contribution in [3.63, 3.8) is 0 Å². The summed E-state index contributed by atoms with van der Waals surface area (Å²) in [5.74, 6) is -0.0611. The van der Waals surface area contributed by atoms with Gasteiger partial charge in [0.15, 0.2) is 0 Å². The van der Waals surface area contributed by atoms with Crippen LogP contribution in [0.1, 0.15) is 5.56 Å². The summed E-state index contributed by atoms with van der Waals surface area (Å²) in [6.45, 7) is 0. The van der Waals surface area contributed by atoms with E-state index in [0.717, 1.165) is 17.0 Å². The summed E-state index contributed by atoms with van der Waals surface area (Å²) in [5.41, 5.74) is -0.388. The van der Waals surface area contributed by atoms with E-state index in [1.165, 1.54) is 23.9 Å². The highest BCUT2D eigenvalue weighted by Gasteiger charge is 2.29. The van der Waals surface area contributed by atoms with Crippen LogP contribution in [0, 0.1) is 0 Å². The minimum atomic E-state index is -4.37. The summed E-state index contributed by atoms with van der Waals surface area (Å²) in [7, 11) is 0. The predicted molar refractivity (Wildman–Crippen MR) is 77.2 cm³/mol. The van der Waals surface area contributed by atoms with Gasteiger partial charge in [-0.1, -0.05) is 18.2 Å². The normalized spacial score (nSPS) is 11.2. The molecular weight excluding hydrogens is 299 g/mol. The molecule has 2 rings (SSSR count).